The van der Waals surface area contributed by atoms with Crippen LogP contribution in [0.4, 0.5) is 0 Å². The third-order valence-electron chi connectivity index (χ3n) is 7.01. The van der Waals surface area contributed by atoms with Gasteiger partial charge in [0.25, 0.3) is 5.91 Å². The number of rotatable bonds is 12. The van der Waals surface area contributed by atoms with Gasteiger partial charge in [0.2, 0.25) is 5.91 Å². The number of hydrogen-bond donors (Lipinski definition) is 2. The Hall–Kier alpha value is -3.17. The summed E-state index contributed by atoms with van der Waals surface area (Å²) >= 11 is 5.96. The fourth-order valence-corrected chi connectivity index (χ4v) is 9.42. The van der Waals surface area contributed by atoms with Crippen molar-refractivity contribution in [2.24, 2.45) is 5.92 Å². The van der Waals surface area contributed by atoms with Crippen molar-refractivity contribution >= 4 is 46.6 Å². The minimum Gasteiger partial charge on any atom is -1.00 e. The number of amides is 2. The zero-order chi connectivity index (χ0) is 31.1. The first-order valence-corrected chi connectivity index (χ1v) is 17.6. The molecule has 4 aromatic carbocycles. The number of carbonyl (C=O) groups is 2. The average Bonchev–Trinajstić information content (AvgIpc) is 3.04. The first-order valence-electron chi connectivity index (χ1n) is 15.1. The summed E-state index contributed by atoms with van der Waals surface area (Å²) in [6.07, 6.45) is 2.56. The number of hydrogen-bond acceptors (Lipinski definition) is 2. The second kappa shape index (κ2) is 19.3. The standard InChI is InChI=1S/C34H36ClN2O2P.C3H8.ClH/c1-26(2)23-32(37-33(38)28-14-12-13-27(24-28)25-35)34(39)36-21-22-40(29-15-6-3-7-16-29,30-17-8-4-9-18-30)31-19-10-5-11-20-31;1-3-2;/h3-20,24,26,32H,21-23,25H2,1-2H3,(H-,36,37,38,39);3H2,1-2H3;1H. The monoisotopic (exact) mass is 650 g/mol. The van der Waals surface area contributed by atoms with Gasteiger partial charge in [-0.05, 0) is 66.4 Å². The first-order chi connectivity index (χ1) is 20.8. The van der Waals surface area contributed by atoms with Gasteiger partial charge in [-0.2, -0.15) is 0 Å². The Kier molecular flexibility index (Phi) is 16.2. The van der Waals surface area contributed by atoms with Crippen molar-refractivity contribution in [2.75, 3.05) is 12.7 Å². The van der Waals surface area contributed by atoms with E-state index in [0.717, 1.165) is 11.7 Å². The smallest absolute Gasteiger partial charge is 0.251 e. The van der Waals surface area contributed by atoms with Gasteiger partial charge in [0.1, 0.15) is 29.2 Å². The molecular weight excluding hydrogens is 606 g/mol. The van der Waals surface area contributed by atoms with E-state index in [0.29, 0.717) is 24.4 Å². The van der Waals surface area contributed by atoms with E-state index in [1.54, 1.807) is 12.1 Å². The van der Waals surface area contributed by atoms with Crippen LogP contribution in [0.3, 0.4) is 0 Å². The van der Waals surface area contributed by atoms with Crippen LogP contribution in [0.15, 0.2) is 115 Å². The zero-order valence-corrected chi connectivity index (χ0v) is 28.6. The van der Waals surface area contributed by atoms with Crippen molar-refractivity contribution in [3.63, 3.8) is 0 Å². The van der Waals surface area contributed by atoms with Gasteiger partial charge in [0.15, 0.2) is 0 Å². The lowest BCUT2D eigenvalue weighted by Gasteiger charge is -2.28. The average molecular weight is 652 g/mol. The fourth-order valence-electron chi connectivity index (χ4n) is 5.09. The Morgan fingerprint density at radius 3 is 1.66 bits per heavy atom. The molecule has 0 saturated carbocycles. The molecular formula is C37H45Cl2N2O2P. The molecule has 4 rings (SSSR count). The molecule has 0 saturated heterocycles. The Morgan fingerprint density at radius 2 is 1.23 bits per heavy atom. The van der Waals surface area contributed by atoms with Crippen molar-refractivity contribution in [3.05, 3.63) is 126 Å². The normalized spacial score (nSPS) is 11.4. The number of benzene rings is 4. The van der Waals surface area contributed by atoms with Crippen LogP contribution in [0.25, 0.3) is 0 Å². The summed E-state index contributed by atoms with van der Waals surface area (Å²) in [6, 6.07) is 38.4. The topological polar surface area (TPSA) is 58.2 Å². The van der Waals surface area contributed by atoms with Crippen LogP contribution in [-0.4, -0.2) is 30.6 Å². The van der Waals surface area contributed by atoms with Crippen molar-refractivity contribution in [3.8, 4) is 0 Å². The predicted molar refractivity (Wildman–Crippen MR) is 186 cm³/mol. The fraction of sp³-hybridized carbons (Fsp3) is 0.297. The quantitative estimate of drug-likeness (QED) is 0.179. The highest BCUT2D eigenvalue weighted by Crippen LogP contribution is 2.54. The van der Waals surface area contributed by atoms with Crippen LogP contribution in [0.1, 0.15) is 56.5 Å². The molecule has 0 aliphatic carbocycles. The minimum absolute atomic E-state index is 0. The van der Waals surface area contributed by atoms with Gasteiger partial charge in [0.05, 0.1) is 12.7 Å². The highest BCUT2D eigenvalue weighted by atomic mass is 35.5. The largest absolute Gasteiger partial charge is 1.00 e. The number of carbonyl (C=O) groups excluding carboxylic acids is 2. The number of halogens is 2. The molecule has 1 atom stereocenters. The molecule has 234 valence electrons. The first kappa shape index (κ1) is 37.0. The molecule has 0 aromatic heterocycles. The van der Waals surface area contributed by atoms with Gasteiger partial charge in [-0.25, -0.2) is 0 Å². The highest BCUT2D eigenvalue weighted by molar-refractivity contribution is 7.95. The number of alkyl halides is 1. The van der Waals surface area contributed by atoms with E-state index >= 15 is 0 Å². The third-order valence-corrected chi connectivity index (χ3v) is 11.8. The third kappa shape index (κ3) is 10.2. The molecule has 4 nitrogen and oxygen atoms in total. The number of nitrogens with one attached hydrogen (secondary N) is 2. The molecule has 0 fully saturated rings. The van der Waals surface area contributed by atoms with Gasteiger partial charge < -0.3 is 23.0 Å². The zero-order valence-electron chi connectivity index (χ0n) is 26.2. The summed E-state index contributed by atoms with van der Waals surface area (Å²) in [5.41, 5.74) is 1.36. The second-order valence-corrected chi connectivity index (χ2v) is 14.9. The molecule has 0 aliphatic rings. The molecule has 0 radical (unpaired) electrons. The van der Waals surface area contributed by atoms with Gasteiger partial charge in [-0.3, -0.25) is 9.59 Å². The molecule has 0 aliphatic heterocycles. The van der Waals surface area contributed by atoms with Crippen molar-refractivity contribution in [1.82, 2.24) is 10.6 Å². The van der Waals surface area contributed by atoms with Crippen LogP contribution in [-0.2, 0) is 10.7 Å². The molecule has 1 unspecified atom stereocenters. The van der Waals surface area contributed by atoms with E-state index in [-0.39, 0.29) is 30.1 Å². The lowest BCUT2D eigenvalue weighted by atomic mass is 10.0. The van der Waals surface area contributed by atoms with E-state index in [9.17, 15) is 9.59 Å². The highest BCUT2D eigenvalue weighted by Gasteiger charge is 2.44. The van der Waals surface area contributed by atoms with E-state index < -0.39 is 13.3 Å². The van der Waals surface area contributed by atoms with E-state index in [1.807, 2.05) is 30.3 Å². The summed E-state index contributed by atoms with van der Waals surface area (Å²) < 4.78 is 0. The van der Waals surface area contributed by atoms with E-state index in [4.69, 9.17) is 11.6 Å². The van der Waals surface area contributed by atoms with Crippen LogP contribution >= 0.6 is 18.9 Å². The molecule has 0 spiro atoms. The molecule has 7 heteroatoms. The Bertz CT molecular complexity index is 1310. The molecule has 0 bridgehead atoms. The van der Waals surface area contributed by atoms with E-state index in [1.165, 1.54) is 22.3 Å². The lowest BCUT2D eigenvalue weighted by molar-refractivity contribution is -0.123. The maximum atomic E-state index is 13.5. The maximum Gasteiger partial charge on any atom is 0.251 e. The van der Waals surface area contributed by atoms with Crippen LogP contribution in [0.2, 0.25) is 0 Å². The SMILES string of the molecule is CC(C)CC(NC(=O)c1cccc(CCl)c1)C(=O)NCC[P+](c1ccccc1)(c1ccccc1)c1ccccc1.CCC.[Cl-]. The summed E-state index contributed by atoms with van der Waals surface area (Å²) in [5, 5.41) is 9.97. The Labute approximate surface area is 275 Å². The van der Waals surface area contributed by atoms with Gasteiger partial charge in [-0.1, -0.05) is 101 Å². The minimum atomic E-state index is -2.07. The summed E-state index contributed by atoms with van der Waals surface area (Å²) in [6.45, 7) is 8.84. The molecule has 0 heterocycles. The second-order valence-electron chi connectivity index (χ2n) is 11.0. The van der Waals surface area contributed by atoms with Crippen LogP contribution in [0.5, 0.6) is 0 Å². The van der Waals surface area contributed by atoms with Gasteiger partial charge >= 0.3 is 0 Å². The van der Waals surface area contributed by atoms with Crippen molar-refractivity contribution in [1.29, 1.82) is 0 Å². The Morgan fingerprint density at radius 1 is 0.750 bits per heavy atom. The van der Waals surface area contributed by atoms with Crippen LogP contribution in [0, 0.1) is 5.92 Å². The predicted octanol–water partition coefficient (Wildman–Crippen LogP) is 4.10. The maximum absolute atomic E-state index is 13.5. The van der Waals surface area contributed by atoms with Crippen molar-refractivity contribution < 1.29 is 22.0 Å². The molecule has 44 heavy (non-hydrogen) atoms. The molecule has 2 amide bonds. The van der Waals surface area contributed by atoms with E-state index in [2.05, 4.69) is 111 Å². The van der Waals surface area contributed by atoms with Gasteiger partial charge in [-0.15, -0.1) is 11.6 Å². The summed E-state index contributed by atoms with van der Waals surface area (Å²) in [5.74, 6) is 0.122. The molecule has 2 N–H and O–H groups in total. The van der Waals surface area contributed by atoms with Crippen molar-refractivity contribution in [2.45, 2.75) is 52.5 Å². The summed E-state index contributed by atoms with van der Waals surface area (Å²) in [4.78, 5) is 26.6. The lowest BCUT2D eigenvalue weighted by Crippen LogP contribution is -3.00. The summed E-state index contributed by atoms with van der Waals surface area (Å²) in [7, 11) is -2.07. The Balaban J connectivity index is 0.00000162. The van der Waals surface area contributed by atoms with Gasteiger partial charge in [0, 0.05) is 11.4 Å². The molecule has 4 aromatic rings. The van der Waals surface area contributed by atoms with Crippen LogP contribution < -0.4 is 39.0 Å².